The molecule has 0 aromatic heterocycles. The first kappa shape index (κ1) is 13.8. The van der Waals surface area contributed by atoms with Gasteiger partial charge in [0, 0.05) is 12.1 Å². The highest BCUT2D eigenvalue weighted by atomic mass is 19.1. The summed E-state index contributed by atoms with van der Waals surface area (Å²) in [6, 6.07) is 9.79. The maximum absolute atomic E-state index is 14.2. The van der Waals surface area contributed by atoms with Gasteiger partial charge in [-0.2, -0.15) is 0 Å². The monoisotopic (exact) mass is 291 g/mol. The summed E-state index contributed by atoms with van der Waals surface area (Å²) in [6.45, 7) is 0.737. The highest BCUT2D eigenvalue weighted by molar-refractivity contribution is 5.52. The molecule has 110 valence electrons. The van der Waals surface area contributed by atoms with Gasteiger partial charge in [-0.25, -0.2) is 8.78 Å². The molecule has 0 amide bonds. The van der Waals surface area contributed by atoms with Gasteiger partial charge in [0.25, 0.3) is 0 Å². The molecule has 0 bridgehead atoms. The maximum atomic E-state index is 14.2. The first-order valence-corrected chi connectivity index (χ1v) is 6.73. The summed E-state index contributed by atoms with van der Waals surface area (Å²) in [4.78, 5) is 1.62. The van der Waals surface area contributed by atoms with Crippen molar-refractivity contribution < 1.29 is 18.6 Å². The van der Waals surface area contributed by atoms with Crippen LogP contribution in [0.1, 0.15) is 11.1 Å². The molecule has 0 spiro atoms. The van der Waals surface area contributed by atoms with Gasteiger partial charge in [-0.15, -0.1) is 0 Å². The molecular formula is C16H15F2NO2. The van der Waals surface area contributed by atoms with Crippen LogP contribution in [0.3, 0.4) is 0 Å². The molecule has 1 N–H and O–H groups in total. The molecule has 0 saturated carbocycles. The minimum absolute atomic E-state index is 0.0764. The molecule has 0 saturated heterocycles. The van der Waals surface area contributed by atoms with E-state index in [9.17, 15) is 8.78 Å². The van der Waals surface area contributed by atoms with Crippen molar-refractivity contribution in [1.29, 1.82) is 0 Å². The van der Waals surface area contributed by atoms with Gasteiger partial charge in [0.15, 0.2) is 0 Å². The molecule has 1 heterocycles. The molecule has 2 aromatic carbocycles. The van der Waals surface area contributed by atoms with Crippen LogP contribution in [-0.4, -0.2) is 18.3 Å². The normalized spacial score (nSPS) is 14.3. The van der Waals surface area contributed by atoms with Crippen molar-refractivity contribution in [1.82, 2.24) is 0 Å². The smallest absolute Gasteiger partial charge is 0.149 e. The van der Waals surface area contributed by atoms with Crippen LogP contribution in [0.15, 0.2) is 36.4 Å². The van der Waals surface area contributed by atoms with Gasteiger partial charge in [0.2, 0.25) is 0 Å². The number of para-hydroxylation sites is 1. The van der Waals surface area contributed by atoms with Crippen LogP contribution in [0.5, 0.6) is 5.75 Å². The molecule has 0 aliphatic carbocycles. The summed E-state index contributed by atoms with van der Waals surface area (Å²) in [5.74, 6) is -0.593. The van der Waals surface area contributed by atoms with Crippen molar-refractivity contribution in [2.45, 2.75) is 13.2 Å². The molecule has 3 rings (SSSR count). The lowest BCUT2D eigenvalue weighted by Crippen LogP contribution is -2.27. The summed E-state index contributed by atoms with van der Waals surface area (Å²) in [6.07, 6.45) is 0. The van der Waals surface area contributed by atoms with Crippen molar-refractivity contribution >= 4 is 5.69 Å². The molecule has 1 aliphatic heterocycles. The number of aliphatic hydroxyl groups excluding tert-OH is 1. The van der Waals surface area contributed by atoms with Gasteiger partial charge < -0.3 is 14.7 Å². The van der Waals surface area contributed by atoms with Crippen molar-refractivity contribution in [3.05, 3.63) is 59.2 Å². The number of halogens is 2. The SMILES string of the molecule is OCc1cc(F)c(N2CCOc3ccccc3C2)c(F)c1. The van der Waals surface area contributed by atoms with E-state index in [2.05, 4.69) is 0 Å². The summed E-state index contributed by atoms with van der Waals surface area (Å²) < 4.78 is 33.9. The fourth-order valence-corrected chi connectivity index (χ4v) is 2.53. The van der Waals surface area contributed by atoms with E-state index in [4.69, 9.17) is 9.84 Å². The molecule has 2 aromatic rings. The van der Waals surface area contributed by atoms with E-state index in [1.807, 2.05) is 24.3 Å². The van der Waals surface area contributed by atoms with Crippen molar-refractivity contribution in [2.24, 2.45) is 0 Å². The van der Waals surface area contributed by atoms with Crippen LogP contribution in [0.4, 0.5) is 14.5 Å². The zero-order chi connectivity index (χ0) is 14.8. The standard InChI is InChI=1S/C16H15F2NO2/c17-13-7-11(10-20)8-14(18)16(13)19-5-6-21-15-4-2-1-3-12(15)9-19/h1-4,7-8,20H,5-6,9-10H2. The second-order valence-corrected chi connectivity index (χ2v) is 4.94. The third-order valence-electron chi connectivity index (χ3n) is 3.53. The second-order valence-electron chi connectivity index (χ2n) is 4.94. The van der Waals surface area contributed by atoms with Crippen molar-refractivity contribution in [3.8, 4) is 5.75 Å². The van der Waals surface area contributed by atoms with E-state index < -0.39 is 11.6 Å². The van der Waals surface area contributed by atoms with Gasteiger partial charge >= 0.3 is 0 Å². The summed E-state index contributed by atoms with van der Waals surface area (Å²) >= 11 is 0. The third-order valence-corrected chi connectivity index (χ3v) is 3.53. The first-order chi connectivity index (χ1) is 10.2. The number of anilines is 1. The fourth-order valence-electron chi connectivity index (χ4n) is 2.53. The number of nitrogens with zero attached hydrogens (tertiary/aromatic N) is 1. The number of fused-ring (bicyclic) bond motifs is 1. The highest BCUT2D eigenvalue weighted by Gasteiger charge is 2.21. The van der Waals surface area contributed by atoms with Gasteiger partial charge in [-0.1, -0.05) is 18.2 Å². The molecule has 0 fully saturated rings. The Morgan fingerprint density at radius 3 is 2.57 bits per heavy atom. The number of aliphatic hydroxyl groups is 1. The molecule has 1 aliphatic rings. The largest absolute Gasteiger partial charge is 0.491 e. The van der Waals surface area contributed by atoms with E-state index in [-0.39, 0.29) is 17.9 Å². The van der Waals surface area contributed by atoms with Crippen LogP contribution in [-0.2, 0) is 13.2 Å². The van der Waals surface area contributed by atoms with Gasteiger partial charge in [-0.05, 0) is 23.8 Å². The Hall–Kier alpha value is -2.14. The second kappa shape index (κ2) is 5.69. The Morgan fingerprint density at radius 1 is 1.14 bits per heavy atom. The zero-order valence-electron chi connectivity index (χ0n) is 11.4. The predicted molar refractivity (Wildman–Crippen MR) is 75.3 cm³/mol. The van der Waals surface area contributed by atoms with E-state index >= 15 is 0 Å². The average molecular weight is 291 g/mol. The number of ether oxygens (including phenoxy) is 1. The molecule has 3 nitrogen and oxygen atoms in total. The van der Waals surface area contributed by atoms with E-state index in [0.717, 1.165) is 23.4 Å². The van der Waals surface area contributed by atoms with Crippen molar-refractivity contribution in [3.63, 3.8) is 0 Å². The fraction of sp³-hybridized carbons (Fsp3) is 0.250. The van der Waals surface area contributed by atoms with Crippen LogP contribution >= 0.6 is 0 Å². The molecule has 0 unspecified atom stereocenters. The Bertz CT molecular complexity index is 637. The average Bonchev–Trinajstić information content (AvgIpc) is 2.68. The van der Waals surface area contributed by atoms with Crippen LogP contribution in [0.25, 0.3) is 0 Å². The number of hydrogen-bond donors (Lipinski definition) is 1. The number of benzene rings is 2. The van der Waals surface area contributed by atoms with E-state index in [1.54, 1.807) is 4.90 Å². The van der Waals surface area contributed by atoms with Crippen LogP contribution in [0.2, 0.25) is 0 Å². The van der Waals surface area contributed by atoms with Crippen LogP contribution < -0.4 is 9.64 Å². The lowest BCUT2D eigenvalue weighted by molar-refractivity contribution is 0.280. The Labute approximate surface area is 121 Å². The Morgan fingerprint density at radius 2 is 1.86 bits per heavy atom. The third kappa shape index (κ3) is 2.69. The van der Waals surface area contributed by atoms with Crippen LogP contribution in [0, 0.1) is 11.6 Å². The zero-order valence-corrected chi connectivity index (χ0v) is 11.4. The molecule has 21 heavy (non-hydrogen) atoms. The molecule has 0 atom stereocenters. The van der Waals surface area contributed by atoms with Crippen molar-refractivity contribution in [2.75, 3.05) is 18.1 Å². The predicted octanol–water partition coefficient (Wildman–Crippen LogP) is 2.86. The molecule has 0 radical (unpaired) electrons. The minimum Gasteiger partial charge on any atom is -0.491 e. The van der Waals surface area contributed by atoms with Gasteiger partial charge in [0.05, 0.1) is 13.2 Å². The van der Waals surface area contributed by atoms with E-state index in [0.29, 0.717) is 19.7 Å². The topological polar surface area (TPSA) is 32.7 Å². The highest BCUT2D eigenvalue weighted by Crippen LogP contribution is 2.30. The first-order valence-electron chi connectivity index (χ1n) is 6.73. The van der Waals surface area contributed by atoms with Gasteiger partial charge in [0.1, 0.15) is 29.7 Å². The van der Waals surface area contributed by atoms with E-state index in [1.165, 1.54) is 0 Å². The Balaban J connectivity index is 1.98. The summed E-state index contributed by atoms with van der Waals surface area (Å²) in [5, 5.41) is 9.00. The lowest BCUT2D eigenvalue weighted by atomic mass is 10.1. The summed E-state index contributed by atoms with van der Waals surface area (Å²) in [5.41, 5.74) is 1.03. The quantitative estimate of drug-likeness (QED) is 0.923. The minimum atomic E-state index is -0.668. The summed E-state index contributed by atoms with van der Waals surface area (Å²) in [7, 11) is 0. The maximum Gasteiger partial charge on any atom is 0.149 e. The van der Waals surface area contributed by atoms with Gasteiger partial charge in [-0.3, -0.25) is 0 Å². The molecular weight excluding hydrogens is 276 g/mol. The number of rotatable bonds is 2. The number of hydrogen-bond acceptors (Lipinski definition) is 3. The molecule has 5 heteroatoms. The lowest BCUT2D eigenvalue weighted by Gasteiger charge is -2.23. The Kier molecular flexibility index (Phi) is 3.75.